The summed E-state index contributed by atoms with van der Waals surface area (Å²) in [6.07, 6.45) is 1.25. The summed E-state index contributed by atoms with van der Waals surface area (Å²) in [4.78, 5) is 4.93. The maximum absolute atomic E-state index is 5.06. The molecule has 0 aromatic heterocycles. The number of hydrogen-bond donors (Lipinski definition) is 1. The molecule has 1 heterocycles. The van der Waals surface area contributed by atoms with Crippen molar-refractivity contribution in [1.29, 1.82) is 0 Å². The molecule has 0 aliphatic carbocycles. The first-order valence-electron chi connectivity index (χ1n) is 7.93. The summed E-state index contributed by atoms with van der Waals surface area (Å²) in [6.45, 7) is 9.43. The first-order chi connectivity index (χ1) is 10.2. The zero-order valence-electron chi connectivity index (χ0n) is 13.7. The first-order valence-corrected chi connectivity index (χ1v) is 7.93. The third-order valence-corrected chi connectivity index (χ3v) is 4.21. The summed E-state index contributed by atoms with van der Waals surface area (Å²) >= 11 is 0. The number of nitrogens with one attached hydrogen (secondary N) is 1. The van der Waals surface area contributed by atoms with Crippen LogP contribution < -0.4 is 10.2 Å². The number of hydrogen-bond acceptors (Lipinski definition) is 4. The van der Waals surface area contributed by atoms with Gasteiger partial charge in [0.05, 0.1) is 6.61 Å². The number of anilines is 1. The Morgan fingerprint density at radius 1 is 1.19 bits per heavy atom. The predicted octanol–water partition coefficient (Wildman–Crippen LogP) is 1.87. The molecule has 4 nitrogen and oxygen atoms in total. The van der Waals surface area contributed by atoms with Gasteiger partial charge in [0.1, 0.15) is 0 Å². The Hall–Kier alpha value is -1.10. The standard InChI is InChI=1S/C17H29N3O/c1-15-13-17(20-9-4-8-19(2)10-11-20)6-5-16(15)14-18-7-12-21-3/h5-6,13,18H,4,7-12,14H2,1-3H3. The molecule has 0 spiro atoms. The van der Waals surface area contributed by atoms with Crippen molar-refractivity contribution < 1.29 is 4.74 Å². The lowest BCUT2D eigenvalue weighted by Crippen LogP contribution is -2.28. The summed E-state index contributed by atoms with van der Waals surface area (Å²) in [5, 5.41) is 3.41. The molecule has 0 radical (unpaired) electrons. The van der Waals surface area contributed by atoms with Crippen LogP contribution in [0, 0.1) is 6.92 Å². The van der Waals surface area contributed by atoms with E-state index in [0.29, 0.717) is 0 Å². The molecule has 1 N–H and O–H groups in total. The number of benzene rings is 1. The van der Waals surface area contributed by atoms with Gasteiger partial charge >= 0.3 is 0 Å². The lowest BCUT2D eigenvalue weighted by atomic mass is 10.1. The minimum Gasteiger partial charge on any atom is -0.383 e. The highest BCUT2D eigenvalue weighted by molar-refractivity contribution is 5.51. The van der Waals surface area contributed by atoms with Gasteiger partial charge in [0.15, 0.2) is 0 Å². The zero-order chi connectivity index (χ0) is 15.1. The van der Waals surface area contributed by atoms with Crippen molar-refractivity contribution in [2.75, 3.05) is 58.4 Å². The Labute approximate surface area is 129 Å². The molecular formula is C17H29N3O. The topological polar surface area (TPSA) is 27.7 Å². The van der Waals surface area contributed by atoms with Crippen molar-refractivity contribution in [2.45, 2.75) is 19.9 Å². The van der Waals surface area contributed by atoms with Crippen LogP contribution in [0.1, 0.15) is 17.5 Å². The van der Waals surface area contributed by atoms with Crippen LogP contribution in [0.15, 0.2) is 18.2 Å². The summed E-state index contributed by atoms with van der Waals surface area (Å²) in [7, 11) is 3.95. The molecule has 0 bridgehead atoms. The Balaban J connectivity index is 1.94. The SMILES string of the molecule is COCCNCc1ccc(N2CCCN(C)CC2)cc1C. The second kappa shape index (κ2) is 8.37. The van der Waals surface area contributed by atoms with E-state index in [2.05, 4.69) is 47.3 Å². The van der Waals surface area contributed by atoms with E-state index in [9.17, 15) is 0 Å². The third-order valence-electron chi connectivity index (χ3n) is 4.21. The number of methoxy groups -OCH3 is 1. The normalized spacial score (nSPS) is 17.0. The van der Waals surface area contributed by atoms with E-state index in [0.717, 1.165) is 39.3 Å². The van der Waals surface area contributed by atoms with Gasteiger partial charge in [-0.2, -0.15) is 0 Å². The van der Waals surface area contributed by atoms with Crippen LogP contribution in [-0.4, -0.2) is 58.4 Å². The first kappa shape index (κ1) is 16.3. The van der Waals surface area contributed by atoms with Gasteiger partial charge in [-0.05, 0) is 50.2 Å². The second-order valence-electron chi connectivity index (χ2n) is 5.92. The van der Waals surface area contributed by atoms with Gasteiger partial charge in [-0.1, -0.05) is 6.07 Å². The van der Waals surface area contributed by atoms with Crippen LogP contribution in [0.4, 0.5) is 5.69 Å². The Bertz CT molecular complexity index is 436. The van der Waals surface area contributed by atoms with E-state index in [4.69, 9.17) is 4.74 Å². The van der Waals surface area contributed by atoms with Crippen molar-refractivity contribution >= 4 is 5.69 Å². The van der Waals surface area contributed by atoms with E-state index >= 15 is 0 Å². The number of rotatable bonds is 6. The third kappa shape index (κ3) is 4.99. The highest BCUT2D eigenvalue weighted by Gasteiger charge is 2.13. The van der Waals surface area contributed by atoms with Gasteiger partial charge in [-0.15, -0.1) is 0 Å². The minimum absolute atomic E-state index is 0.762. The van der Waals surface area contributed by atoms with Crippen molar-refractivity contribution in [2.24, 2.45) is 0 Å². The highest BCUT2D eigenvalue weighted by Crippen LogP contribution is 2.20. The average Bonchev–Trinajstić information content (AvgIpc) is 2.70. The molecule has 0 unspecified atom stereocenters. The molecule has 1 aromatic rings. The van der Waals surface area contributed by atoms with Crippen LogP contribution in [0.3, 0.4) is 0 Å². The molecular weight excluding hydrogens is 262 g/mol. The van der Waals surface area contributed by atoms with Crippen molar-refractivity contribution in [3.63, 3.8) is 0 Å². The lowest BCUT2D eigenvalue weighted by Gasteiger charge is -2.24. The largest absolute Gasteiger partial charge is 0.383 e. The maximum Gasteiger partial charge on any atom is 0.0587 e. The molecule has 2 rings (SSSR count). The number of likely N-dealkylation sites (N-methyl/N-ethyl adjacent to an activating group) is 1. The van der Waals surface area contributed by atoms with Gasteiger partial charge in [0.2, 0.25) is 0 Å². The Kier molecular flexibility index (Phi) is 6.49. The van der Waals surface area contributed by atoms with E-state index in [1.165, 1.54) is 29.8 Å². The van der Waals surface area contributed by atoms with Gasteiger partial charge in [0, 0.05) is 45.5 Å². The maximum atomic E-state index is 5.06. The van der Waals surface area contributed by atoms with E-state index in [-0.39, 0.29) is 0 Å². The summed E-state index contributed by atoms with van der Waals surface area (Å²) in [5.74, 6) is 0. The van der Waals surface area contributed by atoms with E-state index < -0.39 is 0 Å². The fourth-order valence-corrected chi connectivity index (χ4v) is 2.78. The number of ether oxygens (including phenoxy) is 1. The average molecular weight is 291 g/mol. The van der Waals surface area contributed by atoms with Gasteiger partial charge in [-0.25, -0.2) is 0 Å². The molecule has 118 valence electrons. The number of aryl methyl sites for hydroxylation is 1. The molecule has 1 aliphatic rings. The van der Waals surface area contributed by atoms with Crippen LogP contribution in [0.25, 0.3) is 0 Å². The predicted molar refractivity (Wildman–Crippen MR) is 89.1 cm³/mol. The fourth-order valence-electron chi connectivity index (χ4n) is 2.78. The molecule has 21 heavy (non-hydrogen) atoms. The van der Waals surface area contributed by atoms with Gasteiger partial charge in [-0.3, -0.25) is 0 Å². The zero-order valence-corrected chi connectivity index (χ0v) is 13.7. The molecule has 4 heteroatoms. The van der Waals surface area contributed by atoms with E-state index in [1.54, 1.807) is 7.11 Å². The van der Waals surface area contributed by atoms with Crippen LogP contribution in [0.2, 0.25) is 0 Å². The molecule has 0 amide bonds. The summed E-state index contributed by atoms with van der Waals surface area (Å²) in [5.41, 5.74) is 4.11. The fraction of sp³-hybridized carbons (Fsp3) is 0.647. The van der Waals surface area contributed by atoms with Crippen LogP contribution in [0.5, 0.6) is 0 Å². The quantitative estimate of drug-likeness (QED) is 0.810. The summed E-state index contributed by atoms with van der Waals surface area (Å²) < 4.78 is 5.06. The van der Waals surface area contributed by atoms with Crippen LogP contribution in [-0.2, 0) is 11.3 Å². The lowest BCUT2D eigenvalue weighted by molar-refractivity contribution is 0.199. The monoisotopic (exact) mass is 291 g/mol. The Morgan fingerprint density at radius 3 is 2.81 bits per heavy atom. The molecule has 1 fully saturated rings. The molecule has 1 aromatic carbocycles. The van der Waals surface area contributed by atoms with Crippen LogP contribution >= 0.6 is 0 Å². The van der Waals surface area contributed by atoms with Gasteiger partial charge < -0.3 is 19.9 Å². The smallest absolute Gasteiger partial charge is 0.0587 e. The number of nitrogens with zero attached hydrogens (tertiary/aromatic N) is 2. The second-order valence-corrected chi connectivity index (χ2v) is 5.92. The molecule has 1 saturated heterocycles. The van der Waals surface area contributed by atoms with Gasteiger partial charge in [0.25, 0.3) is 0 Å². The van der Waals surface area contributed by atoms with Crippen molar-refractivity contribution in [1.82, 2.24) is 10.2 Å². The molecule has 0 atom stereocenters. The molecule has 0 saturated carbocycles. The van der Waals surface area contributed by atoms with E-state index in [1.807, 2.05) is 0 Å². The van der Waals surface area contributed by atoms with Crippen molar-refractivity contribution in [3.8, 4) is 0 Å². The summed E-state index contributed by atoms with van der Waals surface area (Å²) in [6, 6.07) is 6.86. The Morgan fingerprint density at radius 2 is 2.05 bits per heavy atom. The highest BCUT2D eigenvalue weighted by atomic mass is 16.5. The molecule has 1 aliphatic heterocycles. The van der Waals surface area contributed by atoms with Crippen molar-refractivity contribution in [3.05, 3.63) is 29.3 Å². The minimum atomic E-state index is 0.762.